The van der Waals surface area contributed by atoms with Gasteiger partial charge in [0.25, 0.3) is 0 Å². The van der Waals surface area contributed by atoms with Crippen molar-refractivity contribution in [3.05, 3.63) is 71.3 Å². The minimum absolute atomic E-state index is 0.404. The third-order valence-corrected chi connectivity index (χ3v) is 6.16. The van der Waals surface area contributed by atoms with Crippen molar-refractivity contribution in [2.24, 2.45) is 26.9 Å². The second-order valence-corrected chi connectivity index (χ2v) is 10.7. The van der Waals surface area contributed by atoms with Crippen molar-refractivity contribution in [2.45, 2.75) is 39.5 Å². The molecule has 3 aromatic carbocycles. The zero-order chi connectivity index (χ0) is 31.1. The molecule has 43 heavy (non-hydrogen) atoms. The number of aryl methyl sites for hydroxylation is 3. The van der Waals surface area contributed by atoms with Gasteiger partial charge in [-0.1, -0.05) is 27.8 Å². The Morgan fingerprint density at radius 3 is 1.77 bits per heavy atom. The lowest BCUT2D eigenvalue weighted by atomic mass is 10.2. The molecule has 0 saturated carbocycles. The summed E-state index contributed by atoms with van der Waals surface area (Å²) < 4.78 is 10.3. The van der Waals surface area contributed by atoms with Gasteiger partial charge in [0.05, 0.1) is 28.2 Å². The molecule has 0 radical (unpaired) electrons. The molecular weight excluding hydrogens is 548 g/mol. The minimum atomic E-state index is -0.487. The molecule has 3 N–H and O–H groups in total. The Bertz CT molecular complexity index is 1910. The monoisotopic (exact) mass is 582 g/mol. The summed E-state index contributed by atoms with van der Waals surface area (Å²) in [6.07, 6.45) is -0.424. The maximum atomic E-state index is 11.5. The molecule has 3 aromatic heterocycles. The lowest BCUT2D eigenvalue weighted by Gasteiger charge is -2.19. The molecule has 0 fully saturated rings. The van der Waals surface area contributed by atoms with Crippen LogP contribution in [0.4, 0.5) is 4.79 Å². The molecule has 0 spiro atoms. The predicted octanol–water partition coefficient (Wildman–Crippen LogP) is 3.26. The van der Waals surface area contributed by atoms with E-state index in [1.165, 1.54) is 0 Å². The molecule has 14 heteroatoms. The smallest absolute Gasteiger partial charge is 0.407 e. The minimum Gasteiger partial charge on any atom is -0.444 e. The number of carbonyl (C=O) groups excluding carboxylic acids is 1. The van der Waals surface area contributed by atoms with Crippen LogP contribution < -0.4 is 11.1 Å². The van der Waals surface area contributed by atoms with Crippen molar-refractivity contribution in [2.75, 3.05) is 0 Å². The zero-order valence-electron chi connectivity index (χ0n) is 25.0. The van der Waals surface area contributed by atoms with Crippen LogP contribution in [0.15, 0.2) is 54.6 Å². The second kappa shape index (κ2) is 13.0. The summed E-state index contributed by atoms with van der Waals surface area (Å²) in [6, 6.07) is 19.1. The lowest BCUT2D eigenvalue weighted by molar-refractivity contribution is 0.0523. The van der Waals surface area contributed by atoms with Gasteiger partial charge < -0.3 is 15.8 Å². The number of ether oxygens (including phenoxy) is 1. The van der Waals surface area contributed by atoms with Crippen LogP contribution in [0.2, 0.25) is 0 Å². The van der Waals surface area contributed by atoms with E-state index in [9.17, 15) is 4.79 Å². The summed E-state index contributed by atoms with van der Waals surface area (Å²) in [5, 5.41) is 34.9. The number of carbonyl (C=O) groups is 1. The Hall–Kier alpha value is -5.42. The van der Waals surface area contributed by atoms with E-state index in [2.05, 4.69) is 42.3 Å². The van der Waals surface area contributed by atoms with Gasteiger partial charge in [-0.2, -0.15) is 5.26 Å². The Kier molecular flexibility index (Phi) is 9.26. The number of amides is 1. The molecule has 0 atom stereocenters. The molecule has 0 aliphatic heterocycles. The van der Waals surface area contributed by atoms with Crippen LogP contribution in [0, 0.1) is 11.3 Å². The Morgan fingerprint density at radius 2 is 1.28 bits per heavy atom. The molecule has 1 amide bonds. The first-order chi connectivity index (χ1) is 20.5. The molecule has 6 rings (SSSR count). The predicted molar refractivity (Wildman–Crippen MR) is 161 cm³/mol. The quantitative estimate of drug-likeness (QED) is 0.314. The van der Waals surface area contributed by atoms with Crippen LogP contribution in [0.3, 0.4) is 0 Å². The van der Waals surface area contributed by atoms with Gasteiger partial charge in [0.1, 0.15) is 22.2 Å². The number of alkyl carbamates (subject to hydrolysis) is 1. The topological polar surface area (TPSA) is 180 Å². The van der Waals surface area contributed by atoms with Gasteiger partial charge in [0.15, 0.2) is 0 Å². The second-order valence-electron chi connectivity index (χ2n) is 10.7. The van der Waals surface area contributed by atoms with E-state index in [0.29, 0.717) is 18.7 Å². The summed E-state index contributed by atoms with van der Waals surface area (Å²) in [4.78, 5) is 11.5. The molecule has 3 heterocycles. The van der Waals surface area contributed by atoms with Gasteiger partial charge in [0.2, 0.25) is 0 Å². The first-order valence-corrected chi connectivity index (χ1v) is 13.4. The molecule has 6 aromatic rings. The molecule has 0 bridgehead atoms. The Labute approximate surface area is 248 Å². The fourth-order valence-electron chi connectivity index (χ4n) is 4.01. The van der Waals surface area contributed by atoms with E-state index in [0.717, 1.165) is 44.2 Å². The highest BCUT2D eigenvalue weighted by atomic mass is 16.6. The van der Waals surface area contributed by atoms with E-state index in [1.807, 2.05) is 84.4 Å². The number of nitrogens with two attached hydrogens (primary N) is 1. The summed E-state index contributed by atoms with van der Waals surface area (Å²) in [5.74, 6) is 0. The van der Waals surface area contributed by atoms with Crippen LogP contribution >= 0.6 is 0 Å². The molecule has 222 valence electrons. The summed E-state index contributed by atoms with van der Waals surface area (Å²) in [6.45, 7) is 6.45. The van der Waals surface area contributed by atoms with Crippen LogP contribution in [0.5, 0.6) is 0 Å². The highest BCUT2D eigenvalue weighted by Gasteiger charge is 2.15. The van der Waals surface area contributed by atoms with E-state index in [-0.39, 0.29) is 0 Å². The summed E-state index contributed by atoms with van der Waals surface area (Å²) in [7, 11) is 5.53. The number of rotatable bonds is 3. The normalized spacial score (nSPS) is 10.9. The fraction of sp³-hybridized carbons (Fsp3) is 0.310. The first kappa shape index (κ1) is 30.5. The number of nitrogens with zero attached hydrogens (tertiary/aromatic N) is 10. The molecule has 14 nitrogen and oxygen atoms in total. The van der Waals surface area contributed by atoms with Crippen molar-refractivity contribution in [1.82, 2.24) is 50.3 Å². The Balaban J connectivity index is 0.000000154. The van der Waals surface area contributed by atoms with Crippen molar-refractivity contribution in [3.63, 3.8) is 0 Å². The number of fused-ring (bicyclic) bond motifs is 3. The largest absolute Gasteiger partial charge is 0.444 e. The number of benzene rings is 3. The third-order valence-electron chi connectivity index (χ3n) is 6.16. The van der Waals surface area contributed by atoms with Gasteiger partial charge in [-0.15, -0.1) is 15.3 Å². The maximum absolute atomic E-state index is 11.5. The van der Waals surface area contributed by atoms with Crippen LogP contribution in [0.1, 0.15) is 37.5 Å². The van der Waals surface area contributed by atoms with Crippen molar-refractivity contribution < 1.29 is 9.53 Å². The first-order valence-electron chi connectivity index (χ1n) is 13.4. The number of aromatic nitrogens is 9. The van der Waals surface area contributed by atoms with E-state index in [4.69, 9.17) is 15.7 Å². The van der Waals surface area contributed by atoms with E-state index >= 15 is 0 Å². The van der Waals surface area contributed by atoms with Crippen molar-refractivity contribution in [1.29, 1.82) is 5.26 Å². The molecule has 0 saturated heterocycles. The number of hydrogen-bond donors (Lipinski definition) is 2. The van der Waals surface area contributed by atoms with Gasteiger partial charge in [-0.3, -0.25) is 0 Å². The van der Waals surface area contributed by atoms with Crippen LogP contribution in [0.25, 0.3) is 33.1 Å². The average molecular weight is 583 g/mol. The van der Waals surface area contributed by atoms with Crippen LogP contribution in [-0.2, 0) is 39.0 Å². The summed E-state index contributed by atoms with van der Waals surface area (Å²) in [5.41, 5.74) is 13.1. The average Bonchev–Trinajstić information content (AvgIpc) is 3.67. The molecule has 0 unspecified atom stereocenters. The number of hydrogen-bond acceptors (Lipinski definition) is 10. The Morgan fingerprint density at radius 1 is 0.814 bits per heavy atom. The fourth-order valence-corrected chi connectivity index (χ4v) is 4.01. The van der Waals surface area contributed by atoms with E-state index < -0.39 is 11.7 Å². The molecule has 0 aliphatic rings. The van der Waals surface area contributed by atoms with Gasteiger partial charge in [0, 0.05) is 34.2 Å². The van der Waals surface area contributed by atoms with Crippen LogP contribution in [-0.4, -0.2) is 56.7 Å². The summed E-state index contributed by atoms with van der Waals surface area (Å²) >= 11 is 0. The number of nitrogens with one attached hydrogen (secondary N) is 1. The standard InChI is InChI=1S/C13H18N4O2.C8H10N4.C8H6N4/c1-13(2,3)19-12(18)14-8-9-5-6-11-10(7-9)15-16-17(11)4;2*1-12-8-3-2-6(5-9)4-7(8)10-11-12/h5-7H,8H2,1-4H3,(H,14,18);2-4H,5,9H2,1H3;2-4H,1H3. The van der Waals surface area contributed by atoms with Gasteiger partial charge in [-0.25, -0.2) is 18.8 Å². The third kappa shape index (κ3) is 7.86. The van der Waals surface area contributed by atoms with Crippen molar-refractivity contribution >= 4 is 39.2 Å². The highest BCUT2D eigenvalue weighted by Crippen LogP contribution is 2.14. The molecular formula is C29H34N12O2. The van der Waals surface area contributed by atoms with Crippen molar-refractivity contribution in [3.8, 4) is 6.07 Å². The highest BCUT2D eigenvalue weighted by molar-refractivity contribution is 5.76. The number of nitriles is 1. The van der Waals surface area contributed by atoms with Gasteiger partial charge >= 0.3 is 6.09 Å². The molecule has 0 aliphatic carbocycles. The van der Waals surface area contributed by atoms with Gasteiger partial charge in [-0.05, 0) is 74.4 Å². The maximum Gasteiger partial charge on any atom is 0.407 e. The zero-order valence-corrected chi connectivity index (χ0v) is 25.0. The lowest BCUT2D eigenvalue weighted by Crippen LogP contribution is -2.32. The van der Waals surface area contributed by atoms with E-state index in [1.54, 1.807) is 26.2 Å². The SMILES string of the molecule is Cn1nnc2cc(C#N)ccc21.Cn1nnc2cc(CN)ccc21.Cn1nnc2cc(CNC(=O)OC(C)(C)C)ccc21.